The summed E-state index contributed by atoms with van der Waals surface area (Å²) >= 11 is 0. The van der Waals surface area contributed by atoms with Crippen LogP contribution in [-0.4, -0.2) is 18.0 Å². The molecule has 1 aromatic rings. The second-order valence-corrected chi connectivity index (χ2v) is 6.74. The van der Waals surface area contributed by atoms with Gasteiger partial charge in [-0.2, -0.15) is 5.26 Å². The molecule has 0 N–H and O–H groups in total. The van der Waals surface area contributed by atoms with Crippen molar-refractivity contribution in [2.24, 2.45) is 5.41 Å². The van der Waals surface area contributed by atoms with Crippen LogP contribution in [0.1, 0.15) is 49.9 Å². The molecule has 1 fully saturated rings. The van der Waals surface area contributed by atoms with Gasteiger partial charge < -0.3 is 9.47 Å². The van der Waals surface area contributed by atoms with Crippen LogP contribution in [0.3, 0.4) is 0 Å². The molecule has 1 aliphatic heterocycles. The molecule has 1 saturated carbocycles. The molecule has 0 unspecified atom stereocenters. The van der Waals surface area contributed by atoms with Crippen LogP contribution >= 0.6 is 0 Å². The summed E-state index contributed by atoms with van der Waals surface area (Å²) in [4.78, 5) is 12.1. The Balaban J connectivity index is 1.74. The predicted molar refractivity (Wildman–Crippen MR) is 77.5 cm³/mol. The van der Waals surface area contributed by atoms with Crippen LogP contribution in [0.5, 0.6) is 11.5 Å². The highest BCUT2D eigenvalue weighted by atomic mass is 16.5. The van der Waals surface area contributed by atoms with Crippen molar-refractivity contribution in [1.29, 1.82) is 5.26 Å². The molecule has 0 spiro atoms. The van der Waals surface area contributed by atoms with Crippen molar-refractivity contribution in [1.82, 2.24) is 0 Å². The van der Waals surface area contributed by atoms with Gasteiger partial charge in [0.2, 0.25) is 0 Å². The number of nitrogens with zero attached hydrogens (tertiary/aromatic N) is 1. The molecule has 4 heteroatoms. The molecule has 110 valence electrons. The Morgan fingerprint density at radius 1 is 1.38 bits per heavy atom. The maximum Gasteiger partial charge on any atom is 0.170 e. The van der Waals surface area contributed by atoms with Crippen LogP contribution in [0, 0.1) is 16.7 Å². The number of ether oxygens (including phenoxy) is 2. The van der Waals surface area contributed by atoms with E-state index in [2.05, 4.69) is 6.07 Å². The molecular formula is C17H19NO3. The van der Waals surface area contributed by atoms with Crippen LogP contribution < -0.4 is 9.47 Å². The van der Waals surface area contributed by atoms with Crippen molar-refractivity contribution in [2.75, 3.05) is 6.61 Å². The lowest BCUT2D eigenvalue weighted by atomic mass is 9.93. The maximum absolute atomic E-state index is 12.1. The van der Waals surface area contributed by atoms with E-state index in [0.29, 0.717) is 36.5 Å². The molecule has 1 aromatic carbocycles. The third-order valence-electron chi connectivity index (χ3n) is 4.18. The number of benzene rings is 1. The van der Waals surface area contributed by atoms with E-state index >= 15 is 0 Å². The number of ketones is 1. The molecule has 1 heterocycles. The number of fused-ring (bicyclic) bond motifs is 1. The van der Waals surface area contributed by atoms with Gasteiger partial charge in [0, 0.05) is 17.9 Å². The zero-order chi connectivity index (χ0) is 15.1. The summed E-state index contributed by atoms with van der Waals surface area (Å²) in [5, 5.41) is 8.82. The summed E-state index contributed by atoms with van der Waals surface area (Å²) < 4.78 is 11.7. The highest BCUT2D eigenvalue weighted by Crippen LogP contribution is 2.49. The Morgan fingerprint density at radius 2 is 2.14 bits per heavy atom. The quantitative estimate of drug-likeness (QED) is 0.849. The van der Waals surface area contributed by atoms with Crippen molar-refractivity contribution >= 4 is 5.78 Å². The summed E-state index contributed by atoms with van der Waals surface area (Å²) in [5.74, 6) is 1.40. The Kier molecular flexibility index (Phi) is 3.16. The lowest BCUT2D eigenvalue weighted by molar-refractivity contribution is 0.0618. The van der Waals surface area contributed by atoms with Crippen LogP contribution in [0.4, 0.5) is 0 Å². The number of carbonyl (C=O) groups is 1. The van der Waals surface area contributed by atoms with Crippen molar-refractivity contribution in [3.63, 3.8) is 0 Å². The summed E-state index contributed by atoms with van der Waals surface area (Å²) in [5.41, 5.74) is 0.196. The van der Waals surface area contributed by atoms with Gasteiger partial charge in [-0.3, -0.25) is 4.79 Å². The fourth-order valence-electron chi connectivity index (χ4n) is 2.68. The van der Waals surface area contributed by atoms with E-state index in [-0.39, 0.29) is 11.2 Å². The summed E-state index contributed by atoms with van der Waals surface area (Å²) in [7, 11) is 0. The van der Waals surface area contributed by atoms with Gasteiger partial charge >= 0.3 is 0 Å². The summed E-state index contributed by atoms with van der Waals surface area (Å²) in [6.45, 7) is 4.37. The van der Waals surface area contributed by atoms with Crippen LogP contribution in [0.2, 0.25) is 0 Å². The first-order valence-corrected chi connectivity index (χ1v) is 7.29. The number of rotatable bonds is 4. The first-order valence-electron chi connectivity index (χ1n) is 7.29. The van der Waals surface area contributed by atoms with Gasteiger partial charge in [-0.25, -0.2) is 0 Å². The van der Waals surface area contributed by atoms with Gasteiger partial charge in [0.25, 0.3) is 0 Å². The molecule has 3 rings (SSSR count). The summed E-state index contributed by atoms with van der Waals surface area (Å²) in [6.07, 6.45) is 3.03. The van der Waals surface area contributed by atoms with Crippen molar-refractivity contribution in [3.05, 3.63) is 23.8 Å². The van der Waals surface area contributed by atoms with Gasteiger partial charge in [-0.1, -0.05) is 0 Å². The smallest absolute Gasteiger partial charge is 0.170 e. The molecule has 0 aromatic heterocycles. The van der Waals surface area contributed by atoms with Gasteiger partial charge in [-0.05, 0) is 38.8 Å². The Hall–Kier alpha value is -2.02. The molecule has 4 nitrogen and oxygen atoms in total. The average Bonchev–Trinajstić information content (AvgIpc) is 3.15. The number of hydrogen-bond acceptors (Lipinski definition) is 4. The van der Waals surface area contributed by atoms with Crippen LogP contribution in [0.15, 0.2) is 18.2 Å². The van der Waals surface area contributed by atoms with Gasteiger partial charge in [-0.15, -0.1) is 0 Å². The van der Waals surface area contributed by atoms with Gasteiger partial charge in [0.15, 0.2) is 5.78 Å². The van der Waals surface area contributed by atoms with Crippen LogP contribution in [0.25, 0.3) is 0 Å². The highest BCUT2D eigenvalue weighted by molar-refractivity contribution is 6.00. The van der Waals surface area contributed by atoms with Gasteiger partial charge in [0.05, 0.1) is 24.7 Å². The second kappa shape index (κ2) is 4.77. The molecule has 2 aliphatic rings. The topological polar surface area (TPSA) is 59.3 Å². The molecule has 0 radical (unpaired) electrons. The third-order valence-corrected chi connectivity index (χ3v) is 4.18. The Morgan fingerprint density at radius 3 is 2.81 bits per heavy atom. The fourth-order valence-corrected chi connectivity index (χ4v) is 2.68. The molecule has 21 heavy (non-hydrogen) atoms. The molecule has 0 saturated heterocycles. The second-order valence-electron chi connectivity index (χ2n) is 6.74. The largest absolute Gasteiger partial charge is 0.493 e. The minimum Gasteiger partial charge on any atom is -0.493 e. The van der Waals surface area contributed by atoms with E-state index in [1.807, 2.05) is 13.8 Å². The van der Waals surface area contributed by atoms with Crippen molar-refractivity contribution in [2.45, 2.75) is 45.1 Å². The number of nitriles is 1. The highest BCUT2D eigenvalue weighted by Gasteiger charge is 2.43. The molecule has 1 aliphatic carbocycles. The van der Waals surface area contributed by atoms with E-state index in [9.17, 15) is 4.79 Å². The maximum atomic E-state index is 12.1. The third kappa shape index (κ3) is 2.87. The number of carbonyl (C=O) groups excluding carboxylic acids is 1. The normalized spacial score (nSPS) is 20.9. The molecular weight excluding hydrogens is 266 g/mol. The minimum atomic E-state index is -0.471. The minimum absolute atomic E-state index is 0.0423. The van der Waals surface area contributed by atoms with Gasteiger partial charge in [0.1, 0.15) is 17.1 Å². The van der Waals surface area contributed by atoms with Crippen molar-refractivity contribution < 1.29 is 14.3 Å². The van der Waals surface area contributed by atoms with E-state index in [1.54, 1.807) is 18.2 Å². The molecule has 0 amide bonds. The average molecular weight is 285 g/mol. The molecule has 0 bridgehead atoms. The zero-order valence-corrected chi connectivity index (χ0v) is 12.4. The monoisotopic (exact) mass is 285 g/mol. The standard InChI is InChI=1S/C17H19NO3/c1-16(2)10-14(19)13-4-3-12(9-15(13)21-16)20-11-17(5-6-17)7-8-18/h3-4,9H,5-7,10-11H2,1-2H3. The Labute approximate surface area is 124 Å². The SMILES string of the molecule is CC1(C)CC(=O)c2ccc(OCC3(CC#N)CC3)cc2O1. The number of hydrogen-bond donors (Lipinski definition) is 0. The predicted octanol–water partition coefficient (Wildman–Crippen LogP) is 3.50. The van der Waals surface area contributed by atoms with E-state index in [4.69, 9.17) is 14.7 Å². The Bertz CT molecular complexity index is 623. The lowest BCUT2D eigenvalue weighted by Gasteiger charge is -2.31. The van der Waals surface area contributed by atoms with E-state index < -0.39 is 5.60 Å². The van der Waals surface area contributed by atoms with E-state index in [0.717, 1.165) is 12.8 Å². The lowest BCUT2D eigenvalue weighted by Crippen LogP contribution is -2.35. The first kappa shape index (κ1) is 13.9. The van der Waals surface area contributed by atoms with E-state index in [1.165, 1.54) is 0 Å². The van der Waals surface area contributed by atoms with Crippen molar-refractivity contribution in [3.8, 4) is 17.6 Å². The zero-order valence-electron chi connectivity index (χ0n) is 12.4. The molecule has 0 atom stereocenters. The van der Waals surface area contributed by atoms with Crippen LogP contribution in [-0.2, 0) is 0 Å². The number of Topliss-reactive ketones (excluding diaryl/α,β-unsaturated/α-hetero) is 1. The first-order chi connectivity index (χ1) is 9.93. The fraction of sp³-hybridized carbons (Fsp3) is 0.529. The summed E-state index contributed by atoms with van der Waals surface area (Å²) in [6, 6.07) is 7.59.